The molecule has 7 rings (SSSR count). The first-order chi connectivity index (χ1) is 27.4. The maximum atomic E-state index is 11.2. The van der Waals surface area contributed by atoms with Gasteiger partial charge in [0.1, 0.15) is 12.0 Å². The Morgan fingerprint density at radius 2 is 1.28 bits per heavy atom. The van der Waals surface area contributed by atoms with Gasteiger partial charge < -0.3 is 45.6 Å². The molecule has 296 valence electrons. The third-order valence-corrected chi connectivity index (χ3v) is 6.66. The van der Waals surface area contributed by atoms with Gasteiger partial charge in [-0.2, -0.15) is 14.9 Å². The van der Waals surface area contributed by atoms with Crippen molar-refractivity contribution in [2.75, 3.05) is 20.0 Å². The highest BCUT2D eigenvalue weighted by atomic mass is 16.7. The highest BCUT2D eigenvalue weighted by Crippen LogP contribution is 2.11. The summed E-state index contributed by atoms with van der Waals surface area (Å²) in [5.74, 6) is -0.506. The number of nitrogen functional groups attached to an aromatic ring is 1. The van der Waals surface area contributed by atoms with Gasteiger partial charge in [0, 0.05) is 34.5 Å². The molecule has 24 nitrogen and oxygen atoms in total. The summed E-state index contributed by atoms with van der Waals surface area (Å²) in [4.78, 5) is 52.1. The Balaban J connectivity index is 0.000000206. The number of benzene rings is 2. The molecule has 0 aliphatic rings. The predicted molar refractivity (Wildman–Crippen MR) is 198 cm³/mol. The Bertz CT molecular complexity index is 2190. The van der Waals surface area contributed by atoms with Gasteiger partial charge in [-0.25, -0.2) is 9.59 Å². The minimum atomic E-state index is -0.611. The quantitative estimate of drug-likeness (QED) is 0.107. The van der Waals surface area contributed by atoms with Gasteiger partial charge in [-0.05, 0) is 57.4 Å². The van der Waals surface area contributed by atoms with Crippen molar-refractivity contribution in [1.82, 2.24) is 49.8 Å². The van der Waals surface area contributed by atoms with Crippen LogP contribution < -0.4 is 5.73 Å². The zero-order chi connectivity index (χ0) is 41.6. The Morgan fingerprint density at radius 3 is 1.60 bits per heavy atom. The van der Waals surface area contributed by atoms with Crippen molar-refractivity contribution in [3.05, 3.63) is 175 Å². The maximum absolute atomic E-state index is 11.2. The smallest absolute Gasteiger partial charge is 0.389 e. The fraction of sp³-hybridized carbons (Fsp3) is 0.121. The lowest BCUT2D eigenvalue weighted by molar-refractivity contribution is -0.552. The van der Waals surface area contributed by atoms with Gasteiger partial charge in [0.15, 0.2) is 6.20 Å². The zero-order valence-electron chi connectivity index (χ0n) is 30.0. The molecule has 0 bridgehead atoms. The van der Waals surface area contributed by atoms with Crippen LogP contribution in [0.4, 0.5) is 17.5 Å². The molecule has 4 N–H and O–H groups in total. The number of nitro groups is 3. The number of methoxy groups -OCH3 is 2. The van der Waals surface area contributed by atoms with Crippen LogP contribution in [-0.4, -0.2) is 90.9 Å². The second-order valence-electron chi connectivity index (χ2n) is 10.6. The van der Waals surface area contributed by atoms with Crippen LogP contribution in [0.15, 0.2) is 122 Å². The first kappa shape index (κ1) is 42.8. The number of aromatic amines is 2. The number of hydrogen-bond acceptors (Lipinski definition) is 16. The molecular formula is C33H34N14O10. The van der Waals surface area contributed by atoms with Crippen LogP contribution >= 0.6 is 0 Å². The summed E-state index contributed by atoms with van der Waals surface area (Å²) in [7, 11) is 2.68. The summed E-state index contributed by atoms with van der Waals surface area (Å²) >= 11 is 0. The molecule has 5 aromatic heterocycles. The Kier molecular flexibility index (Phi) is 16.9. The van der Waals surface area contributed by atoms with E-state index in [-0.39, 0.29) is 17.6 Å². The first-order valence-electron chi connectivity index (χ1n) is 15.9. The molecular weight excluding hydrogens is 752 g/mol. The molecule has 7 aromatic rings. The van der Waals surface area contributed by atoms with Crippen molar-refractivity contribution in [1.29, 1.82) is 0 Å². The SMILES string of the molecule is COC(=O)c1ccc(Cn2ccc(N)n2)cc1.COC(=O)c1ccc(Cn2ccc([N+](=O)[O-])n2)cc1.O=[N+]([O-])c1ccn[nH]1.O=[N+]([O-])n1cccn1.c1cn[nH]c1. The number of hydrogen-bond donors (Lipinski definition) is 3. The molecule has 0 aliphatic heterocycles. The molecule has 0 radical (unpaired) electrons. The molecule has 0 unspecified atom stereocenters. The summed E-state index contributed by atoms with van der Waals surface area (Å²) in [6.45, 7) is 1.02. The number of anilines is 1. The Labute approximate surface area is 320 Å². The molecule has 2 aromatic carbocycles. The molecule has 0 fully saturated rings. The molecule has 0 saturated carbocycles. The van der Waals surface area contributed by atoms with Crippen LogP contribution in [-0.2, 0) is 22.6 Å². The fourth-order valence-electron chi connectivity index (χ4n) is 4.03. The highest BCUT2D eigenvalue weighted by Gasteiger charge is 2.11. The largest absolute Gasteiger partial charge is 0.465 e. The number of aromatic nitrogens is 10. The van der Waals surface area contributed by atoms with Gasteiger partial charge in [-0.3, -0.25) is 9.78 Å². The third-order valence-electron chi connectivity index (χ3n) is 6.66. The Morgan fingerprint density at radius 1 is 0.702 bits per heavy atom. The van der Waals surface area contributed by atoms with Crippen molar-refractivity contribution in [2.24, 2.45) is 0 Å². The molecule has 24 heteroatoms. The van der Waals surface area contributed by atoms with Gasteiger partial charge in [0.05, 0.1) is 73.1 Å². The molecule has 57 heavy (non-hydrogen) atoms. The topological polar surface area (TPSA) is 319 Å². The molecule has 5 heterocycles. The number of ether oxygens (including phenoxy) is 2. The number of carbonyl (C=O) groups excluding carboxylic acids is 2. The normalized spacial score (nSPS) is 9.65. The van der Waals surface area contributed by atoms with Crippen molar-refractivity contribution >= 4 is 29.4 Å². The summed E-state index contributed by atoms with van der Waals surface area (Å²) in [6.07, 6.45) is 10.7. The average Bonchev–Trinajstić information content (AvgIpc) is 4.07. The Hall–Kier alpha value is -8.57. The maximum Gasteiger partial charge on any atom is 0.389 e. The predicted octanol–water partition coefficient (Wildman–Crippen LogP) is 3.58. The summed E-state index contributed by atoms with van der Waals surface area (Å²) in [5, 5.41) is 52.4. The summed E-state index contributed by atoms with van der Waals surface area (Å²) < 4.78 is 12.4. The number of esters is 2. The van der Waals surface area contributed by atoms with Crippen LogP contribution in [0, 0.1) is 30.3 Å². The zero-order valence-corrected chi connectivity index (χ0v) is 30.0. The second-order valence-corrected chi connectivity index (χ2v) is 10.6. The molecule has 0 saturated heterocycles. The number of rotatable bonds is 9. The van der Waals surface area contributed by atoms with Crippen LogP contribution in [0.2, 0.25) is 0 Å². The lowest BCUT2D eigenvalue weighted by atomic mass is 10.1. The van der Waals surface area contributed by atoms with E-state index in [1.165, 1.54) is 61.9 Å². The minimum absolute atomic E-state index is 0.0787. The monoisotopic (exact) mass is 786 g/mol. The van der Waals surface area contributed by atoms with E-state index in [1.807, 2.05) is 24.4 Å². The van der Waals surface area contributed by atoms with Crippen molar-refractivity contribution < 1.29 is 33.9 Å². The summed E-state index contributed by atoms with van der Waals surface area (Å²) in [5.41, 5.74) is 8.44. The first-order valence-corrected chi connectivity index (χ1v) is 15.9. The van der Waals surface area contributed by atoms with E-state index in [9.17, 15) is 39.9 Å². The third kappa shape index (κ3) is 15.1. The molecule has 0 amide bonds. The van der Waals surface area contributed by atoms with E-state index in [0.717, 1.165) is 11.1 Å². The number of nitrogens with one attached hydrogen (secondary N) is 2. The fourth-order valence-corrected chi connectivity index (χ4v) is 4.03. The van der Waals surface area contributed by atoms with Gasteiger partial charge in [-0.1, -0.05) is 29.4 Å². The molecule has 0 atom stereocenters. The van der Waals surface area contributed by atoms with E-state index in [4.69, 9.17) is 5.73 Å². The van der Waals surface area contributed by atoms with Crippen LogP contribution in [0.25, 0.3) is 0 Å². The van der Waals surface area contributed by atoms with Gasteiger partial charge in [-0.15, -0.1) is 5.10 Å². The van der Waals surface area contributed by atoms with Crippen molar-refractivity contribution in [3.63, 3.8) is 0 Å². The summed E-state index contributed by atoms with van der Waals surface area (Å²) in [6, 6.07) is 21.7. The number of H-pyrrole nitrogens is 2. The minimum Gasteiger partial charge on any atom is -0.465 e. The van der Waals surface area contributed by atoms with Crippen LogP contribution in [0.5, 0.6) is 0 Å². The van der Waals surface area contributed by atoms with E-state index < -0.39 is 20.8 Å². The number of nitrogens with two attached hydrogens (primary N) is 1. The van der Waals surface area contributed by atoms with Crippen molar-refractivity contribution in [3.8, 4) is 0 Å². The van der Waals surface area contributed by atoms with Crippen LogP contribution in [0.1, 0.15) is 31.8 Å². The standard InChI is InChI=1S/C12H11N3O4.C12H13N3O2.2C3H3N3O2.C3H4N2/c1-19-12(16)10-4-2-9(3-5-10)8-14-7-6-11(13-14)15(17)18;1-17-12(16)10-4-2-9(3-5-10)8-15-7-6-11(13)14-15;7-6(8)5-3-1-2-4-5;7-6(8)3-1-2-4-5-3;1-2-4-5-3-1/h2-7H,8H2,1H3;2-7H,8H2,1H3,(H2,13,14);1-3H;1-2H,(H,4,5);1-3H,(H,4,5). The highest BCUT2D eigenvalue weighted by molar-refractivity contribution is 5.89. The number of carbonyl (C=O) groups is 2. The van der Waals surface area contributed by atoms with Crippen LogP contribution in [0.3, 0.4) is 0 Å². The average molecular weight is 787 g/mol. The lowest BCUT2D eigenvalue weighted by Crippen LogP contribution is -2.07. The van der Waals surface area contributed by atoms with Gasteiger partial charge in [0.25, 0.3) is 0 Å². The van der Waals surface area contributed by atoms with Gasteiger partial charge >= 0.3 is 23.6 Å². The van der Waals surface area contributed by atoms with Gasteiger partial charge in [0.2, 0.25) is 0 Å². The molecule has 0 spiro atoms. The van der Waals surface area contributed by atoms with Crippen molar-refractivity contribution in [2.45, 2.75) is 13.1 Å². The van der Waals surface area contributed by atoms with E-state index in [2.05, 4.69) is 45.2 Å². The van der Waals surface area contributed by atoms with E-state index >= 15 is 0 Å². The van der Waals surface area contributed by atoms with E-state index in [0.29, 0.717) is 34.8 Å². The molecule has 0 aliphatic carbocycles. The second kappa shape index (κ2) is 22.5. The number of nitrogens with zero attached hydrogens (tertiary/aromatic N) is 11. The lowest BCUT2D eigenvalue weighted by Gasteiger charge is -2.03. The van der Waals surface area contributed by atoms with E-state index in [1.54, 1.807) is 59.5 Å².